The Morgan fingerprint density at radius 2 is 1.89 bits per heavy atom. The van der Waals surface area contributed by atoms with Gasteiger partial charge in [-0.1, -0.05) is 36.4 Å². The fraction of sp³-hybridized carbons (Fsp3) is 0.200. The first-order valence-corrected chi connectivity index (χ1v) is 11.2. The van der Waals surface area contributed by atoms with Crippen molar-refractivity contribution < 1.29 is 13.2 Å². The molecule has 0 radical (unpaired) electrons. The number of nitrogens with zero attached hydrogens (tertiary/aromatic N) is 2. The second kappa shape index (κ2) is 7.37. The number of thiazole rings is 1. The van der Waals surface area contributed by atoms with E-state index < -0.39 is 10.0 Å². The van der Waals surface area contributed by atoms with Crippen LogP contribution in [0.3, 0.4) is 0 Å². The molecular weight excluding hydrogens is 394 g/mol. The summed E-state index contributed by atoms with van der Waals surface area (Å²) in [6.07, 6.45) is 0.962. The molecule has 144 valence electrons. The number of sulfonamides is 1. The second-order valence-electron chi connectivity index (χ2n) is 6.68. The molecule has 0 fully saturated rings. The van der Waals surface area contributed by atoms with E-state index in [1.54, 1.807) is 23.6 Å². The van der Waals surface area contributed by atoms with Crippen LogP contribution in [0, 0.1) is 0 Å². The molecule has 8 heteroatoms. The topological polar surface area (TPSA) is 79.4 Å². The van der Waals surface area contributed by atoms with E-state index in [4.69, 9.17) is 0 Å². The first-order valence-electron chi connectivity index (χ1n) is 8.86. The molecule has 6 nitrogen and oxygen atoms in total. The van der Waals surface area contributed by atoms with Crippen LogP contribution in [0.1, 0.15) is 18.2 Å². The molecule has 0 saturated heterocycles. The third-order valence-corrected chi connectivity index (χ3v) is 6.93. The lowest BCUT2D eigenvalue weighted by atomic mass is 10.1. The molecule has 28 heavy (non-hydrogen) atoms. The van der Waals surface area contributed by atoms with Gasteiger partial charge >= 0.3 is 0 Å². The Bertz CT molecular complexity index is 1110. The van der Waals surface area contributed by atoms with E-state index in [2.05, 4.69) is 9.71 Å². The summed E-state index contributed by atoms with van der Waals surface area (Å²) in [6.45, 7) is 2.03. The fourth-order valence-corrected chi connectivity index (χ4v) is 5.38. The third-order valence-electron chi connectivity index (χ3n) is 4.64. The van der Waals surface area contributed by atoms with Crippen LogP contribution >= 0.6 is 11.3 Å². The summed E-state index contributed by atoms with van der Waals surface area (Å²) in [5.74, 6) is -0.0415. The molecule has 4 rings (SSSR count). The van der Waals surface area contributed by atoms with Gasteiger partial charge in [-0.25, -0.2) is 13.4 Å². The Labute approximate surface area is 167 Å². The highest BCUT2D eigenvalue weighted by molar-refractivity contribution is 7.93. The normalized spacial score (nSPS) is 16.0. The number of carbonyl (C=O) groups is 1. The van der Waals surface area contributed by atoms with E-state index in [9.17, 15) is 13.2 Å². The minimum absolute atomic E-state index is 0.0415. The monoisotopic (exact) mass is 413 g/mol. The summed E-state index contributed by atoms with van der Waals surface area (Å²) in [5, 5.41) is 1.97. The number of hydrogen-bond acceptors (Lipinski definition) is 5. The average molecular weight is 414 g/mol. The van der Waals surface area contributed by atoms with Crippen molar-refractivity contribution in [2.45, 2.75) is 30.7 Å². The maximum atomic E-state index is 12.9. The number of rotatable bonds is 5. The summed E-state index contributed by atoms with van der Waals surface area (Å²) in [5.41, 5.74) is 2.66. The molecule has 0 aliphatic carbocycles. The van der Waals surface area contributed by atoms with Crippen LogP contribution in [0.5, 0.6) is 0 Å². The Morgan fingerprint density at radius 1 is 1.18 bits per heavy atom. The van der Waals surface area contributed by atoms with Crippen molar-refractivity contribution in [2.24, 2.45) is 0 Å². The van der Waals surface area contributed by atoms with E-state index in [1.807, 2.05) is 36.1 Å². The summed E-state index contributed by atoms with van der Waals surface area (Å²) in [7, 11) is -3.69. The predicted molar refractivity (Wildman–Crippen MR) is 110 cm³/mol. The number of para-hydroxylation sites is 1. The highest BCUT2D eigenvalue weighted by atomic mass is 32.2. The molecule has 2 heterocycles. The Morgan fingerprint density at radius 3 is 2.68 bits per heavy atom. The molecule has 0 unspecified atom stereocenters. The van der Waals surface area contributed by atoms with Crippen molar-refractivity contribution in [1.82, 2.24) is 4.98 Å². The summed E-state index contributed by atoms with van der Waals surface area (Å²) in [4.78, 5) is 19.1. The van der Waals surface area contributed by atoms with E-state index in [0.29, 0.717) is 5.69 Å². The van der Waals surface area contributed by atoms with Crippen LogP contribution < -0.4 is 9.62 Å². The van der Waals surface area contributed by atoms with Crippen molar-refractivity contribution in [3.8, 4) is 0 Å². The molecule has 1 N–H and O–H groups in total. The van der Waals surface area contributed by atoms with Gasteiger partial charge in [0, 0.05) is 17.1 Å². The zero-order valence-corrected chi connectivity index (χ0v) is 16.8. The zero-order chi connectivity index (χ0) is 19.7. The SMILES string of the molecule is C[C@H]1Cc2ccccc2N1C(=O)Cc1csc(NS(=O)(=O)c2ccccc2)n1. The zero-order valence-electron chi connectivity index (χ0n) is 15.2. The van der Waals surface area contributed by atoms with E-state index >= 15 is 0 Å². The van der Waals surface area contributed by atoms with Crippen LogP contribution in [-0.4, -0.2) is 25.4 Å². The smallest absolute Gasteiger partial charge is 0.263 e. The minimum atomic E-state index is -3.69. The van der Waals surface area contributed by atoms with Gasteiger partial charge in [-0.2, -0.15) is 0 Å². The maximum Gasteiger partial charge on any atom is 0.263 e. The highest BCUT2D eigenvalue weighted by Gasteiger charge is 2.30. The molecule has 0 bridgehead atoms. The summed E-state index contributed by atoms with van der Waals surface area (Å²) >= 11 is 1.17. The predicted octanol–water partition coefficient (Wildman–Crippen LogP) is 3.46. The lowest BCUT2D eigenvalue weighted by Gasteiger charge is -2.22. The van der Waals surface area contributed by atoms with Gasteiger partial charge in [0.1, 0.15) is 0 Å². The first kappa shape index (κ1) is 18.6. The Hall–Kier alpha value is -2.71. The van der Waals surface area contributed by atoms with Crippen molar-refractivity contribution in [1.29, 1.82) is 0 Å². The van der Waals surface area contributed by atoms with Crippen molar-refractivity contribution >= 4 is 38.1 Å². The number of carbonyl (C=O) groups excluding carboxylic acids is 1. The van der Waals surface area contributed by atoms with E-state index in [1.165, 1.54) is 23.5 Å². The number of benzene rings is 2. The van der Waals surface area contributed by atoms with Crippen LogP contribution in [0.15, 0.2) is 64.9 Å². The van der Waals surface area contributed by atoms with Crippen LogP contribution in [0.4, 0.5) is 10.8 Å². The van der Waals surface area contributed by atoms with Gasteiger partial charge in [0.2, 0.25) is 5.91 Å². The lowest BCUT2D eigenvalue weighted by Crippen LogP contribution is -2.36. The Balaban J connectivity index is 1.48. The van der Waals surface area contributed by atoms with Crippen LogP contribution in [-0.2, 0) is 27.7 Å². The average Bonchev–Trinajstić information content (AvgIpc) is 3.24. The number of nitrogens with one attached hydrogen (secondary N) is 1. The standard InChI is InChI=1S/C20H19N3O3S2/c1-14-11-15-7-5-6-10-18(15)23(14)19(24)12-16-13-27-20(21-16)22-28(25,26)17-8-3-2-4-9-17/h2-10,13-14H,11-12H2,1H3,(H,21,22)/t14-/m0/s1. The molecule has 2 aromatic carbocycles. The molecule has 1 amide bonds. The fourth-order valence-electron chi connectivity index (χ4n) is 3.39. The quantitative estimate of drug-likeness (QED) is 0.695. The molecule has 0 spiro atoms. The summed E-state index contributed by atoms with van der Waals surface area (Å²) < 4.78 is 27.3. The molecule has 3 aromatic rings. The highest BCUT2D eigenvalue weighted by Crippen LogP contribution is 2.32. The van der Waals surface area contributed by atoms with Crippen LogP contribution in [0.25, 0.3) is 0 Å². The maximum absolute atomic E-state index is 12.9. The van der Waals surface area contributed by atoms with Crippen molar-refractivity contribution in [2.75, 3.05) is 9.62 Å². The van der Waals surface area contributed by atoms with Gasteiger partial charge in [0.25, 0.3) is 10.0 Å². The number of aromatic nitrogens is 1. The number of hydrogen-bond donors (Lipinski definition) is 1. The van der Waals surface area contributed by atoms with E-state index in [-0.39, 0.29) is 28.4 Å². The molecule has 1 aliphatic heterocycles. The largest absolute Gasteiger partial charge is 0.309 e. The number of fused-ring (bicyclic) bond motifs is 1. The van der Waals surface area contributed by atoms with E-state index in [0.717, 1.165) is 17.7 Å². The lowest BCUT2D eigenvalue weighted by molar-refractivity contribution is -0.118. The second-order valence-corrected chi connectivity index (χ2v) is 9.23. The van der Waals surface area contributed by atoms with Crippen LogP contribution in [0.2, 0.25) is 0 Å². The van der Waals surface area contributed by atoms with Crippen molar-refractivity contribution in [3.05, 3.63) is 71.2 Å². The molecule has 1 aromatic heterocycles. The third kappa shape index (κ3) is 3.65. The summed E-state index contributed by atoms with van der Waals surface area (Å²) in [6, 6.07) is 16.1. The molecule has 1 atom stereocenters. The Kier molecular flexibility index (Phi) is 4.91. The van der Waals surface area contributed by atoms with Gasteiger partial charge in [0.15, 0.2) is 5.13 Å². The number of anilines is 2. The van der Waals surface area contributed by atoms with Gasteiger partial charge in [-0.15, -0.1) is 11.3 Å². The minimum Gasteiger partial charge on any atom is -0.309 e. The molecular formula is C20H19N3O3S2. The van der Waals surface area contributed by atoms with Gasteiger partial charge in [-0.05, 0) is 37.1 Å². The molecule has 0 saturated carbocycles. The number of amides is 1. The first-order chi connectivity index (χ1) is 13.4. The van der Waals surface area contributed by atoms with Gasteiger partial charge in [-0.3, -0.25) is 9.52 Å². The van der Waals surface area contributed by atoms with Crippen molar-refractivity contribution in [3.63, 3.8) is 0 Å². The molecule has 1 aliphatic rings. The van der Waals surface area contributed by atoms with Gasteiger partial charge < -0.3 is 4.90 Å². The van der Waals surface area contributed by atoms with Gasteiger partial charge in [0.05, 0.1) is 17.0 Å².